The molecule has 4 heteroatoms. The maximum atomic E-state index is 5.87. The molecule has 4 nitrogen and oxygen atoms in total. The first-order chi connectivity index (χ1) is 8.78. The van der Waals surface area contributed by atoms with Gasteiger partial charge in [-0.3, -0.25) is 4.98 Å². The van der Waals surface area contributed by atoms with Gasteiger partial charge in [-0.25, -0.2) is 0 Å². The Kier molecular flexibility index (Phi) is 5.76. The predicted molar refractivity (Wildman–Crippen MR) is 79.6 cm³/mol. The third-order valence-electron chi connectivity index (χ3n) is 2.69. The largest absolute Gasteiger partial charge is 0.492 e. The van der Waals surface area contributed by atoms with E-state index in [0.29, 0.717) is 6.61 Å². The molecule has 0 bridgehead atoms. The topological polar surface area (TPSA) is 37.4 Å². The summed E-state index contributed by atoms with van der Waals surface area (Å²) in [5.74, 6) is 0.936. The second-order valence-electron chi connectivity index (χ2n) is 6.19. The van der Waals surface area contributed by atoms with Crippen LogP contribution in [-0.2, 0) is 6.54 Å². The number of aryl methyl sites for hydroxylation is 1. The molecule has 0 saturated heterocycles. The number of nitrogens with one attached hydrogen (secondary N) is 1. The number of ether oxygens (including phenoxy) is 1. The summed E-state index contributed by atoms with van der Waals surface area (Å²) >= 11 is 0. The first-order valence-electron chi connectivity index (χ1n) is 6.76. The lowest BCUT2D eigenvalue weighted by Crippen LogP contribution is -2.35. The van der Waals surface area contributed by atoms with Crippen LogP contribution < -0.4 is 10.1 Å². The third kappa shape index (κ3) is 6.55. The Labute approximate surface area is 117 Å². The summed E-state index contributed by atoms with van der Waals surface area (Å²) in [6.07, 6.45) is 1.90. The van der Waals surface area contributed by atoms with Crippen LogP contribution in [0.1, 0.15) is 32.0 Å². The molecule has 19 heavy (non-hydrogen) atoms. The molecule has 0 aliphatic heterocycles. The van der Waals surface area contributed by atoms with Gasteiger partial charge in [0.1, 0.15) is 12.4 Å². The van der Waals surface area contributed by atoms with Gasteiger partial charge in [-0.2, -0.15) is 0 Å². The van der Waals surface area contributed by atoms with Crippen LogP contribution in [0.3, 0.4) is 0 Å². The monoisotopic (exact) mass is 265 g/mol. The summed E-state index contributed by atoms with van der Waals surface area (Å²) in [4.78, 5) is 6.47. The molecule has 108 valence electrons. The minimum absolute atomic E-state index is 0.0891. The highest BCUT2D eigenvalue weighted by molar-refractivity contribution is 5.32. The van der Waals surface area contributed by atoms with Crippen LogP contribution in [-0.4, -0.2) is 42.7 Å². The lowest BCUT2D eigenvalue weighted by molar-refractivity contribution is 0.258. The van der Waals surface area contributed by atoms with Crippen molar-refractivity contribution in [2.75, 3.05) is 27.2 Å². The molecule has 0 spiro atoms. The zero-order valence-corrected chi connectivity index (χ0v) is 13.1. The van der Waals surface area contributed by atoms with Gasteiger partial charge >= 0.3 is 0 Å². The minimum atomic E-state index is 0.0891. The molecule has 1 heterocycles. The fourth-order valence-corrected chi connectivity index (χ4v) is 1.53. The maximum absolute atomic E-state index is 5.87. The van der Waals surface area contributed by atoms with Crippen LogP contribution >= 0.6 is 0 Å². The third-order valence-corrected chi connectivity index (χ3v) is 2.69. The lowest BCUT2D eigenvalue weighted by atomic mass is 10.1. The molecule has 0 aliphatic rings. The van der Waals surface area contributed by atoms with E-state index in [9.17, 15) is 0 Å². The first kappa shape index (κ1) is 15.9. The van der Waals surface area contributed by atoms with E-state index in [1.165, 1.54) is 0 Å². The zero-order valence-electron chi connectivity index (χ0n) is 13.1. The highest BCUT2D eigenvalue weighted by Crippen LogP contribution is 2.19. The fourth-order valence-electron chi connectivity index (χ4n) is 1.53. The Balaban J connectivity index is 2.68. The molecule has 0 fully saturated rings. The number of hydrogen-bond acceptors (Lipinski definition) is 4. The van der Waals surface area contributed by atoms with Gasteiger partial charge in [-0.1, -0.05) is 0 Å². The summed E-state index contributed by atoms with van der Waals surface area (Å²) in [5.41, 5.74) is 2.19. The molecule has 0 amide bonds. The minimum Gasteiger partial charge on any atom is -0.492 e. The number of nitrogens with zero attached hydrogens (tertiary/aromatic N) is 2. The van der Waals surface area contributed by atoms with Crippen LogP contribution in [0.2, 0.25) is 0 Å². The van der Waals surface area contributed by atoms with Crippen LogP contribution in [0.25, 0.3) is 0 Å². The standard InChI is InChI=1S/C15H27N3O/c1-12-9-14(19-8-7-18(5)6)13(10-16-12)11-17-15(2,3)4/h9-10,17H,7-8,11H2,1-6H3. The zero-order chi connectivity index (χ0) is 14.5. The SMILES string of the molecule is Cc1cc(OCCN(C)C)c(CNC(C)(C)C)cn1. The van der Waals surface area contributed by atoms with E-state index in [1.54, 1.807) is 0 Å². The van der Waals surface area contributed by atoms with Crippen molar-refractivity contribution in [1.82, 2.24) is 15.2 Å². The number of rotatable bonds is 6. The highest BCUT2D eigenvalue weighted by atomic mass is 16.5. The molecular weight excluding hydrogens is 238 g/mol. The number of aromatic nitrogens is 1. The van der Waals surface area contributed by atoms with E-state index < -0.39 is 0 Å². The number of likely N-dealkylation sites (N-methyl/N-ethyl adjacent to an activating group) is 1. The van der Waals surface area contributed by atoms with E-state index in [2.05, 4.69) is 36.0 Å². The maximum Gasteiger partial charge on any atom is 0.127 e. The second-order valence-corrected chi connectivity index (χ2v) is 6.19. The Bertz CT molecular complexity index is 397. The number of pyridine rings is 1. The van der Waals surface area contributed by atoms with Crippen molar-refractivity contribution in [3.05, 3.63) is 23.5 Å². The molecule has 1 aromatic heterocycles. The van der Waals surface area contributed by atoms with Gasteiger partial charge in [0.2, 0.25) is 0 Å². The Morgan fingerprint density at radius 2 is 2.00 bits per heavy atom. The van der Waals surface area contributed by atoms with Gasteiger partial charge in [0, 0.05) is 42.1 Å². The molecule has 0 radical (unpaired) electrons. The van der Waals surface area contributed by atoms with Gasteiger partial charge in [0.15, 0.2) is 0 Å². The van der Waals surface area contributed by atoms with E-state index >= 15 is 0 Å². The van der Waals surface area contributed by atoms with Crippen molar-refractivity contribution in [2.45, 2.75) is 39.8 Å². The summed E-state index contributed by atoms with van der Waals surface area (Å²) in [5, 5.41) is 3.47. The van der Waals surface area contributed by atoms with Gasteiger partial charge < -0.3 is 15.0 Å². The van der Waals surface area contributed by atoms with Crippen LogP contribution in [0, 0.1) is 6.92 Å². The van der Waals surface area contributed by atoms with Crippen LogP contribution in [0.5, 0.6) is 5.75 Å². The number of hydrogen-bond donors (Lipinski definition) is 1. The lowest BCUT2D eigenvalue weighted by Gasteiger charge is -2.22. The van der Waals surface area contributed by atoms with E-state index in [0.717, 1.165) is 30.1 Å². The highest BCUT2D eigenvalue weighted by Gasteiger charge is 2.11. The Hall–Kier alpha value is -1.13. The summed E-state index contributed by atoms with van der Waals surface area (Å²) in [7, 11) is 4.09. The normalized spacial score (nSPS) is 11.9. The van der Waals surface area contributed by atoms with Crippen molar-refractivity contribution in [3.63, 3.8) is 0 Å². The van der Waals surface area contributed by atoms with E-state index in [1.807, 2.05) is 33.3 Å². The molecule has 1 rings (SSSR count). The first-order valence-corrected chi connectivity index (χ1v) is 6.76. The van der Waals surface area contributed by atoms with Gasteiger partial charge in [-0.05, 0) is 41.8 Å². The molecule has 1 N–H and O–H groups in total. The summed E-state index contributed by atoms with van der Waals surface area (Å²) in [6.45, 7) is 10.8. The van der Waals surface area contributed by atoms with Gasteiger partial charge in [-0.15, -0.1) is 0 Å². The molecule has 0 saturated carbocycles. The van der Waals surface area contributed by atoms with Crippen molar-refractivity contribution >= 4 is 0 Å². The molecule has 0 aromatic carbocycles. The van der Waals surface area contributed by atoms with Crippen LogP contribution in [0.15, 0.2) is 12.3 Å². The average Bonchev–Trinajstić information content (AvgIpc) is 2.26. The van der Waals surface area contributed by atoms with Crippen molar-refractivity contribution in [2.24, 2.45) is 0 Å². The smallest absolute Gasteiger partial charge is 0.127 e. The fraction of sp³-hybridized carbons (Fsp3) is 0.667. The Morgan fingerprint density at radius 1 is 1.32 bits per heavy atom. The van der Waals surface area contributed by atoms with Crippen molar-refractivity contribution in [1.29, 1.82) is 0 Å². The Morgan fingerprint density at radius 3 is 2.58 bits per heavy atom. The molecule has 1 aromatic rings. The van der Waals surface area contributed by atoms with Crippen LogP contribution in [0.4, 0.5) is 0 Å². The van der Waals surface area contributed by atoms with Crippen molar-refractivity contribution < 1.29 is 4.74 Å². The second kappa shape index (κ2) is 6.87. The van der Waals surface area contributed by atoms with E-state index in [-0.39, 0.29) is 5.54 Å². The average molecular weight is 265 g/mol. The van der Waals surface area contributed by atoms with E-state index in [4.69, 9.17) is 4.74 Å². The molecule has 0 unspecified atom stereocenters. The van der Waals surface area contributed by atoms with Gasteiger partial charge in [0.05, 0.1) is 0 Å². The molecule has 0 atom stereocenters. The summed E-state index contributed by atoms with van der Waals surface area (Å²) < 4.78 is 5.87. The molecule has 0 aliphatic carbocycles. The molecular formula is C15H27N3O. The van der Waals surface area contributed by atoms with Crippen molar-refractivity contribution in [3.8, 4) is 5.75 Å². The summed E-state index contributed by atoms with van der Waals surface area (Å²) in [6, 6.07) is 2.01. The predicted octanol–water partition coefficient (Wildman–Crippen LogP) is 2.22. The van der Waals surface area contributed by atoms with Gasteiger partial charge in [0.25, 0.3) is 0 Å². The quantitative estimate of drug-likeness (QED) is 0.856.